The molecule has 1 amide bonds. The van der Waals surface area contributed by atoms with Gasteiger partial charge in [-0.25, -0.2) is 0 Å². The lowest BCUT2D eigenvalue weighted by Crippen LogP contribution is -2.48. The van der Waals surface area contributed by atoms with Gasteiger partial charge in [-0.05, 0) is 56.5 Å². The summed E-state index contributed by atoms with van der Waals surface area (Å²) in [6.07, 6.45) is 8.24. The Morgan fingerprint density at radius 1 is 1.33 bits per heavy atom. The summed E-state index contributed by atoms with van der Waals surface area (Å²) in [6.45, 7) is 0. The van der Waals surface area contributed by atoms with Crippen molar-refractivity contribution in [2.24, 2.45) is 0 Å². The number of amides is 1. The molecule has 1 N–H and O–H groups in total. The van der Waals surface area contributed by atoms with Crippen LogP contribution in [0.3, 0.4) is 0 Å². The number of halogens is 1. The summed E-state index contributed by atoms with van der Waals surface area (Å²) in [5.74, 6) is 0.0175. The minimum Gasteiger partial charge on any atom is -0.350 e. The fourth-order valence-electron chi connectivity index (χ4n) is 3.56. The molecule has 2 saturated heterocycles. The standard InChI is InChI=1S/C17H21BrN2O/c1-20-15-6-7-16(20)11-14(10-15)19-17(21)8-5-12-3-2-4-13(18)9-12/h2-5,8-9,14-16H,6-7,10-11H2,1H3,(H,19,21). The van der Waals surface area contributed by atoms with Crippen LogP contribution in [0.5, 0.6) is 0 Å². The zero-order valence-electron chi connectivity index (χ0n) is 12.3. The summed E-state index contributed by atoms with van der Waals surface area (Å²) in [7, 11) is 2.22. The summed E-state index contributed by atoms with van der Waals surface area (Å²) in [5, 5.41) is 3.16. The van der Waals surface area contributed by atoms with Gasteiger partial charge in [-0.2, -0.15) is 0 Å². The summed E-state index contributed by atoms with van der Waals surface area (Å²) < 4.78 is 1.02. The van der Waals surface area contributed by atoms with Crippen molar-refractivity contribution in [3.05, 3.63) is 40.4 Å². The van der Waals surface area contributed by atoms with Crippen LogP contribution < -0.4 is 5.32 Å². The summed E-state index contributed by atoms with van der Waals surface area (Å²) in [6, 6.07) is 9.58. The van der Waals surface area contributed by atoms with Crippen molar-refractivity contribution in [2.45, 2.75) is 43.8 Å². The Labute approximate surface area is 134 Å². The van der Waals surface area contributed by atoms with Crippen LogP contribution in [0.2, 0.25) is 0 Å². The van der Waals surface area contributed by atoms with E-state index in [-0.39, 0.29) is 5.91 Å². The number of hydrogen-bond donors (Lipinski definition) is 1. The van der Waals surface area contributed by atoms with Gasteiger partial charge in [0.2, 0.25) is 5.91 Å². The van der Waals surface area contributed by atoms with Crippen molar-refractivity contribution < 1.29 is 4.79 Å². The van der Waals surface area contributed by atoms with Crippen molar-refractivity contribution in [1.82, 2.24) is 10.2 Å². The van der Waals surface area contributed by atoms with Crippen LogP contribution in [0.1, 0.15) is 31.2 Å². The minimum absolute atomic E-state index is 0.0175. The van der Waals surface area contributed by atoms with Crippen molar-refractivity contribution in [1.29, 1.82) is 0 Å². The lowest BCUT2D eigenvalue weighted by molar-refractivity contribution is -0.117. The number of fused-ring (bicyclic) bond motifs is 2. The maximum absolute atomic E-state index is 12.1. The van der Waals surface area contributed by atoms with Gasteiger partial charge in [-0.3, -0.25) is 4.79 Å². The van der Waals surface area contributed by atoms with Crippen LogP contribution in [0.4, 0.5) is 0 Å². The average Bonchev–Trinajstić information content (AvgIpc) is 2.68. The quantitative estimate of drug-likeness (QED) is 0.850. The van der Waals surface area contributed by atoms with Gasteiger partial charge < -0.3 is 10.2 Å². The smallest absolute Gasteiger partial charge is 0.244 e. The topological polar surface area (TPSA) is 32.3 Å². The van der Waals surface area contributed by atoms with Gasteiger partial charge in [0.1, 0.15) is 0 Å². The zero-order chi connectivity index (χ0) is 14.8. The van der Waals surface area contributed by atoms with Gasteiger partial charge in [0.15, 0.2) is 0 Å². The number of benzene rings is 1. The maximum Gasteiger partial charge on any atom is 0.244 e. The molecule has 4 heteroatoms. The zero-order valence-corrected chi connectivity index (χ0v) is 13.8. The van der Waals surface area contributed by atoms with Gasteiger partial charge >= 0.3 is 0 Å². The Bertz CT molecular complexity index is 543. The third-order valence-electron chi connectivity index (χ3n) is 4.72. The van der Waals surface area contributed by atoms with Gasteiger partial charge in [0.05, 0.1) is 0 Å². The first-order valence-electron chi connectivity index (χ1n) is 7.58. The predicted octanol–water partition coefficient (Wildman–Crippen LogP) is 3.20. The molecule has 2 unspecified atom stereocenters. The summed E-state index contributed by atoms with van der Waals surface area (Å²) >= 11 is 3.44. The number of rotatable bonds is 3. The molecule has 0 spiro atoms. The lowest BCUT2D eigenvalue weighted by Gasteiger charge is -2.36. The average molecular weight is 349 g/mol. The Kier molecular flexibility index (Phi) is 4.45. The highest BCUT2D eigenvalue weighted by molar-refractivity contribution is 9.10. The number of nitrogens with one attached hydrogen (secondary N) is 1. The normalized spacial score (nSPS) is 29.0. The molecule has 2 fully saturated rings. The van der Waals surface area contributed by atoms with Crippen molar-refractivity contribution in [2.75, 3.05) is 7.05 Å². The molecule has 2 aliphatic heterocycles. The molecule has 1 aromatic carbocycles. The van der Waals surface area contributed by atoms with E-state index in [0.29, 0.717) is 18.1 Å². The van der Waals surface area contributed by atoms with E-state index in [1.165, 1.54) is 12.8 Å². The Morgan fingerprint density at radius 3 is 2.71 bits per heavy atom. The minimum atomic E-state index is 0.0175. The molecule has 2 bridgehead atoms. The van der Waals surface area contributed by atoms with Crippen LogP contribution in [-0.2, 0) is 4.79 Å². The van der Waals surface area contributed by atoms with E-state index in [9.17, 15) is 4.79 Å². The Hall–Kier alpha value is -1.13. The first-order valence-corrected chi connectivity index (χ1v) is 8.37. The van der Waals surface area contributed by atoms with Crippen LogP contribution in [0.25, 0.3) is 6.08 Å². The Morgan fingerprint density at radius 2 is 2.05 bits per heavy atom. The molecule has 2 atom stereocenters. The van der Waals surface area contributed by atoms with Crippen molar-refractivity contribution in [3.63, 3.8) is 0 Å². The fraction of sp³-hybridized carbons (Fsp3) is 0.471. The van der Waals surface area contributed by atoms with E-state index in [2.05, 4.69) is 33.2 Å². The van der Waals surface area contributed by atoms with Gasteiger partial charge in [-0.1, -0.05) is 28.1 Å². The Balaban J connectivity index is 1.55. The highest BCUT2D eigenvalue weighted by Gasteiger charge is 2.38. The van der Waals surface area contributed by atoms with Gasteiger partial charge in [0.25, 0.3) is 0 Å². The van der Waals surface area contributed by atoms with Gasteiger partial charge in [-0.15, -0.1) is 0 Å². The molecular weight excluding hydrogens is 328 g/mol. The first-order chi connectivity index (χ1) is 10.1. The van der Waals surface area contributed by atoms with Crippen LogP contribution in [0.15, 0.2) is 34.8 Å². The SMILES string of the molecule is CN1C2CCC1CC(NC(=O)C=Cc1cccc(Br)c1)C2. The van der Waals surface area contributed by atoms with Crippen LogP contribution >= 0.6 is 15.9 Å². The molecule has 3 rings (SSSR count). The van der Waals surface area contributed by atoms with E-state index in [0.717, 1.165) is 22.9 Å². The molecule has 1 aromatic rings. The van der Waals surface area contributed by atoms with E-state index in [1.54, 1.807) is 6.08 Å². The largest absolute Gasteiger partial charge is 0.350 e. The number of hydrogen-bond acceptors (Lipinski definition) is 2. The highest BCUT2D eigenvalue weighted by atomic mass is 79.9. The molecule has 2 heterocycles. The van der Waals surface area contributed by atoms with E-state index in [1.807, 2.05) is 30.3 Å². The van der Waals surface area contributed by atoms with Gasteiger partial charge in [0, 0.05) is 28.7 Å². The summed E-state index contributed by atoms with van der Waals surface area (Å²) in [5.41, 5.74) is 1.03. The second-order valence-corrected chi connectivity index (χ2v) is 7.03. The molecule has 0 aliphatic carbocycles. The molecule has 0 radical (unpaired) electrons. The molecule has 112 valence electrons. The van der Waals surface area contributed by atoms with E-state index < -0.39 is 0 Å². The summed E-state index contributed by atoms with van der Waals surface area (Å²) in [4.78, 5) is 14.5. The second kappa shape index (κ2) is 6.32. The number of piperidine rings is 1. The van der Waals surface area contributed by atoms with Crippen molar-refractivity contribution in [3.8, 4) is 0 Å². The van der Waals surface area contributed by atoms with E-state index in [4.69, 9.17) is 0 Å². The van der Waals surface area contributed by atoms with Crippen LogP contribution in [-0.4, -0.2) is 36.0 Å². The lowest BCUT2D eigenvalue weighted by atomic mass is 9.98. The first kappa shape index (κ1) is 14.8. The van der Waals surface area contributed by atoms with Crippen molar-refractivity contribution >= 4 is 27.9 Å². The van der Waals surface area contributed by atoms with E-state index >= 15 is 0 Å². The number of nitrogens with zero attached hydrogens (tertiary/aromatic N) is 1. The third kappa shape index (κ3) is 3.55. The third-order valence-corrected chi connectivity index (χ3v) is 5.21. The number of carbonyl (C=O) groups excluding carboxylic acids is 1. The maximum atomic E-state index is 12.1. The monoisotopic (exact) mass is 348 g/mol. The molecule has 21 heavy (non-hydrogen) atoms. The molecule has 0 saturated carbocycles. The van der Waals surface area contributed by atoms with Crippen LogP contribution in [0, 0.1) is 0 Å². The molecule has 2 aliphatic rings. The molecule has 3 nitrogen and oxygen atoms in total. The fourth-order valence-corrected chi connectivity index (χ4v) is 3.98. The predicted molar refractivity (Wildman–Crippen MR) is 88.9 cm³/mol. The number of carbonyl (C=O) groups is 1. The highest BCUT2D eigenvalue weighted by Crippen LogP contribution is 2.34. The molecular formula is C17H21BrN2O. The molecule has 0 aromatic heterocycles. The second-order valence-electron chi connectivity index (χ2n) is 6.12.